The van der Waals surface area contributed by atoms with Crippen LogP contribution in [0.1, 0.15) is 43.8 Å². The number of nitrogens with one attached hydrogen (secondary N) is 2. The van der Waals surface area contributed by atoms with Crippen molar-refractivity contribution in [2.45, 2.75) is 46.5 Å². The van der Waals surface area contributed by atoms with Gasteiger partial charge in [-0.3, -0.25) is 4.99 Å². The predicted octanol–water partition coefficient (Wildman–Crippen LogP) is 3.29. The van der Waals surface area contributed by atoms with E-state index in [-0.39, 0.29) is 24.0 Å². The molecule has 2 heterocycles. The molecule has 1 fully saturated rings. The minimum Gasteiger partial charge on any atom is -0.357 e. The fourth-order valence-corrected chi connectivity index (χ4v) is 3.80. The average molecular weight is 479 g/mol. The fraction of sp³-hybridized carbons (Fsp3) is 0.778. The van der Waals surface area contributed by atoms with Gasteiger partial charge in [-0.05, 0) is 52.1 Å². The lowest BCUT2D eigenvalue weighted by atomic mass is 10.0. The maximum Gasteiger partial charge on any atom is 0.191 e. The van der Waals surface area contributed by atoms with E-state index in [9.17, 15) is 0 Å². The van der Waals surface area contributed by atoms with Crippen LogP contribution in [0.5, 0.6) is 0 Å². The lowest BCUT2D eigenvalue weighted by molar-refractivity contribution is 0.183. The van der Waals surface area contributed by atoms with Crippen molar-refractivity contribution in [3.05, 3.63) is 16.1 Å². The quantitative estimate of drug-likeness (QED) is 0.260. The molecule has 2 rings (SSSR count). The van der Waals surface area contributed by atoms with Gasteiger partial charge in [0, 0.05) is 38.0 Å². The highest BCUT2D eigenvalue weighted by Gasteiger charge is 2.15. The van der Waals surface area contributed by atoms with Gasteiger partial charge in [0.15, 0.2) is 5.96 Å². The van der Waals surface area contributed by atoms with Crippen LogP contribution in [0.2, 0.25) is 0 Å². The third kappa shape index (κ3) is 9.19. The van der Waals surface area contributed by atoms with Gasteiger partial charge in [0.05, 0.1) is 10.7 Å². The fourth-order valence-electron chi connectivity index (χ4n) is 3.15. The molecule has 0 aromatic carbocycles. The van der Waals surface area contributed by atoms with Crippen LogP contribution < -0.4 is 10.6 Å². The zero-order valence-corrected chi connectivity index (χ0v) is 19.0. The van der Waals surface area contributed by atoms with Crippen molar-refractivity contribution in [1.82, 2.24) is 20.5 Å². The summed E-state index contributed by atoms with van der Waals surface area (Å²) in [5.74, 6) is 1.78. The van der Waals surface area contributed by atoms with Gasteiger partial charge in [0.1, 0.15) is 0 Å². The molecule has 0 amide bonds. The molecule has 1 aliphatic rings. The van der Waals surface area contributed by atoms with Gasteiger partial charge in [-0.15, -0.1) is 35.3 Å². The first kappa shape index (κ1) is 22.6. The van der Waals surface area contributed by atoms with Crippen molar-refractivity contribution in [3.8, 4) is 0 Å². The Hall–Kier alpha value is -0.410. The Labute approximate surface area is 174 Å². The van der Waals surface area contributed by atoms with E-state index in [2.05, 4.69) is 46.7 Å². The second-order valence-electron chi connectivity index (χ2n) is 6.70. The Morgan fingerprint density at radius 1 is 1.44 bits per heavy atom. The predicted molar refractivity (Wildman–Crippen MR) is 119 cm³/mol. The number of aryl methyl sites for hydroxylation is 1. The summed E-state index contributed by atoms with van der Waals surface area (Å²) < 4.78 is 0. The van der Waals surface area contributed by atoms with Crippen LogP contribution in [0.3, 0.4) is 0 Å². The summed E-state index contributed by atoms with van der Waals surface area (Å²) in [6, 6.07) is 0. The summed E-state index contributed by atoms with van der Waals surface area (Å²) in [5.41, 5.74) is 1.17. The van der Waals surface area contributed by atoms with Crippen LogP contribution in [0.25, 0.3) is 0 Å². The molecule has 1 unspecified atom stereocenters. The van der Waals surface area contributed by atoms with Gasteiger partial charge in [-0.1, -0.05) is 6.92 Å². The molecule has 0 radical (unpaired) electrons. The van der Waals surface area contributed by atoms with E-state index in [0.29, 0.717) is 0 Å². The number of halogens is 1. The molecule has 1 atom stereocenters. The molecular weight excluding hydrogens is 445 g/mol. The number of guanidine groups is 1. The smallest absolute Gasteiger partial charge is 0.191 e. The van der Waals surface area contributed by atoms with E-state index in [0.717, 1.165) is 49.4 Å². The van der Waals surface area contributed by atoms with Gasteiger partial charge in [-0.2, -0.15) is 0 Å². The molecule has 25 heavy (non-hydrogen) atoms. The molecule has 5 nitrogen and oxygen atoms in total. The van der Waals surface area contributed by atoms with Crippen molar-refractivity contribution >= 4 is 41.3 Å². The summed E-state index contributed by atoms with van der Waals surface area (Å²) in [4.78, 5) is 11.8. The van der Waals surface area contributed by atoms with Crippen LogP contribution in [-0.2, 0) is 6.42 Å². The van der Waals surface area contributed by atoms with Gasteiger partial charge in [0.2, 0.25) is 0 Å². The first-order chi connectivity index (χ1) is 11.7. The largest absolute Gasteiger partial charge is 0.357 e. The molecule has 7 heteroatoms. The van der Waals surface area contributed by atoms with Gasteiger partial charge in [0.25, 0.3) is 0 Å². The number of aromatic nitrogens is 1. The van der Waals surface area contributed by atoms with Crippen LogP contribution >= 0.6 is 35.3 Å². The Morgan fingerprint density at radius 2 is 2.28 bits per heavy atom. The molecule has 1 aromatic heterocycles. The number of hydrogen-bond donors (Lipinski definition) is 2. The number of likely N-dealkylation sites (tertiary alicyclic amines) is 1. The topological polar surface area (TPSA) is 52.6 Å². The van der Waals surface area contributed by atoms with E-state index in [1.165, 1.54) is 38.2 Å². The molecule has 144 valence electrons. The highest BCUT2D eigenvalue weighted by molar-refractivity contribution is 14.0. The molecule has 2 N–H and O–H groups in total. The van der Waals surface area contributed by atoms with E-state index in [1.54, 1.807) is 11.3 Å². The number of thiazole rings is 1. The first-order valence-corrected chi connectivity index (χ1v) is 10.2. The third-order valence-corrected chi connectivity index (χ3v) is 5.15. The molecule has 0 saturated carbocycles. The monoisotopic (exact) mass is 479 g/mol. The van der Waals surface area contributed by atoms with Crippen LogP contribution in [0, 0.1) is 12.8 Å². The summed E-state index contributed by atoms with van der Waals surface area (Å²) >= 11 is 1.71. The summed E-state index contributed by atoms with van der Waals surface area (Å²) in [7, 11) is 0. The lowest BCUT2D eigenvalue weighted by Gasteiger charge is -2.30. The zero-order chi connectivity index (χ0) is 17.2. The molecule has 1 aromatic rings. The van der Waals surface area contributed by atoms with Crippen LogP contribution in [0.15, 0.2) is 10.4 Å². The highest BCUT2D eigenvalue weighted by Crippen LogP contribution is 2.15. The van der Waals surface area contributed by atoms with E-state index < -0.39 is 0 Å². The maximum absolute atomic E-state index is 4.70. The molecule has 1 saturated heterocycles. The Balaban J connectivity index is 0.00000312. The average Bonchev–Trinajstić information content (AvgIpc) is 2.97. The highest BCUT2D eigenvalue weighted by atomic mass is 127. The van der Waals surface area contributed by atoms with E-state index in [1.807, 2.05) is 0 Å². The number of piperidine rings is 1. The standard InChI is InChI=1S/C18H33N5S.HI/c1-4-19-18(21-10-8-17-14-24-16(3)22-17)20-9-6-12-23-11-5-7-15(2)13-23;/h14-15H,4-13H2,1-3H3,(H2,19,20,21);1H. The van der Waals surface area contributed by atoms with Crippen LogP contribution in [0.4, 0.5) is 0 Å². The molecule has 1 aliphatic heterocycles. The number of aliphatic imine (C=N–C) groups is 1. The number of hydrogen-bond acceptors (Lipinski definition) is 4. The van der Waals surface area contributed by atoms with Crippen molar-refractivity contribution in [2.24, 2.45) is 10.9 Å². The summed E-state index contributed by atoms with van der Waals surface area (Å²) in [5, 5.41) is 10.0. The minimum atomic E-state index is 0. The van der Waals surface area contributed by atoms with Crippen molar-refractivity contribution in [2.75, 3.05) is 39.3 Å². The van der Waals surface area contributed by atoms with Gasteiger partial charge < -0.3 is 15.5 Å². The normalized spacial score (nSPS) is 18.7. The first-order valence-electron chi connectivity index (χ1n) is 9.33. The second-order valence-corrected chi connectivity index (χ2v) is 7.76. The Bertz CT molecular complexity index is 505. The summed E-state index contributed by atoms with van der Waals surface area (Å²) in [6.07, 6.45) is 4.82. The molecule has 0 bridgehead atoms. The Kier molecular flexibility index (Phi) is 11.6. The number of rotatable bonds is 8. The van der Waals surface area contributed by atoms with Crippen LogP contribution in [-0.4, -0.2) is 55.1 Å². The van der Waals surface area contributed by atoms with Crippen molar-refractivity contribution < 1.29 is 0 Å². The minimum absolute atomic E-state index is 0. The maximum atomic E-state index is 4.70. The van der Waals surface area contributed by atoms with Gasteiger partial charge >= 0.3 is 0 Å². The SMILES string of the molecule is CCNC(=NCCCN1CCCC(C)C1)NCCc1csc(C)n1.I. The van der Waals surface area contributed by atoms with E-state index >= 15 is 0 Å². The number of nitrogens with zero attached hydrogens (tertiary/aromatic N) is 3. The van der Waals surface area contributed by atoms with E-state index in [4.69, 9.17) is 4.99 Å². The Morgan fingerprint density at radius 3 is 2.96 bits per heavy atom. The second kappa shape index (κ2) is 12.9. The molecule has 0 aliphatic carbocycles. The lowest BCUT2D eigenvalue weighted by Crippen LogP contribution is -2.38. The zero-order valence-electron chi connectivity index (χ0n) is 15.9. The molecular formula is C18H34IN5S. The molecule has 0 spiro atoms. The van der Waals surface area contributed by atoms with Crippen molar-refractivity contribution in [1.29, 1.82) is 0 Å². The third-order valence-electron chi connectivity index (χ3n) is 4.33. The summed E-state index contributed by atoms with van der Waals surface area (Å²) in [6.45, 7) is 12.9. The van der Waals surface area contributed by atoms with Crippen molar-refractivity contribution in [3.63, 3.8) is 0 Å². The van der Waals surface area contributed by atoms with Gasteiger partial charge in [-0.25, -0.2) is 4.98 Å².